The van der Waals surface area contributed by atoms with E-state index in [4.69, 9.17) is 14.2 Å². The largest absolute Gasteiger partial charge is 0.349 e. The zero-order chi connectivity index (χ0) is 17.1. The first-order valence-corrected chi connectivity index (χ1v) is 8.02. The number of hydrogen-bond donors (Lipinski definition) is 0. The van der Waals surface area contributed by atoms with Gasteiger partial charge in [0.15, 0.2) is 12.0 Å². The molecule has 0 amide bonds. The van der Waals surface area contributed by atoms with Crippen LogP contribution in [0.25, 0.3) is 11.0 Å². The van der Waals surface area contributed by atoms with Crippen molar-refractivity contribution in [3.63, 3.8) is 0 Å². The molecular weight excluding hydrogens is 320 g/mol. The molecule has 4 atom stereocenters. The SMILES string of the molecule is CC[C@H]1O[C@@H](n2ccc3c(C(F)F)ncnc32)[C@@H]2OC(C)(C)O[C@@H]21. The van der Waals surface area contributed by atoms with Crippen LogP contribution >= 0.6 is 0 Å². The van der Waals surface area contributed by atoms with Crippen molar-refractivity contribution in [2.75, 3.05) is 0 Å². The number of aromatic nitrogens is 3. The predicted octanol–water partition coefficient (Wildman–Crippen LogP) is 3.20. The molecule has 130 valence electrons. The molecule has 2 aliphatic heterocycles. The molecule has 0 unspecified atom stereocenters. The molecule has 4 rings (SSSR count). The van der Waals surface area contributed by atoms with Gasteiger partial charge in [-0.25, -0.2) is 18.7 Å². The summed E-state index contributed by atoms with van der Waals surface area (Å²) in [6, 6.07) is 1.59. The number of alkyl halides is 2. The number of nitrogens with zero attached hydrogens (tertiary/aromatic N) is 3. The lowest BCUT2D eigenvalue weighted by Gasteiger charge is -2.24. The Labute approximate surface area is 137 Å². The third kappa shape index (κ3) is 2.32. The summed E-state index contributed by atoms with van der Waals surface area (Å²) in [6.07, 6.45) is -0.130. The Balaban J connectivity index is 1.76. The summed E-state index contributed by atoms with van der Waals surface area (Å²) in [5.74, 6) is -0.698. The Morgan fingerprint density at radius 2 is 2.00 bits per heavy atom. The van der Waals surface area contributed by atoms with Crippen molar-refractivity contribution in [2.45, 2.75) is 63.9 Å². The summed E-state index contributed by atoms with van der Waals surface area (Å²) in [5, 5.41) is 0.325. The van der Waals surface area contributed by atoms with Gasteiger partial charge in [-0.15, -0.1) is 0 Å². The first kappa shape index (κ1) is 15.9. The molecule has 0 aromatic carbocycles. The molecule has 6 nitrogen and oxygen atoms in total. The molecule has 4 heterocycles. The van der Waals surface area contributed by atoms with E-state index in [9.17, 15) is 8.78 Å². The zero-order valence-electron chi connectivity index (χ0n) is 13.6. The molecule has 2 aliphatic rings. The van der Waals surface area contributed by atoms with Gasteiger partial charge >= 0.3 is 0 Å². The summed E-state index contributed by atoms with van der Waals surface area (Å²) < 4.78 is 46.1. The van der Waals surface area contributed by atoms with Gasteiger partial charge in [0.25, 0.3) is 6.43 Å². The minimum absolute atomic E-state index is 0.115. The molecule has 0 N–H and O–H groups in total. The first-order chi connectivity index (χ1) is 11.4. The van der Waals surface area contributed by atoms with Crippen LogP contribution in [0.3, 0.4) is 0 Å². The fourth-order valence-corrected chi connectivity index (χ4v) is 3.58. The van der Waals surface area contributed by atoms with Crippen LogP contribution in [-0.2, 0) is 14.2 Å². The molecule has 0 bridgehead atoms. The van der Waals surface area contributed by atoms with Crippen molar-refractivity contribution in [1.29, 1.82) is 0 Å². The maximum Gasteiger partial charge on any atom is 0.281 e. The summed E-state index contributed by atoms with van der Waals surface area (Å²) >= 11 is 0. The predicted molar refractivity (Wildman–Crippen MR) is 80.5 cm³/mol. The molecule has 2 aromatic heterocycles. The van der Waals surface area contributed by atoms with Crippen LogP contribution in [0.4, 0.5) is 8.78 Å². The molecule has 8 heteroatoms. The van der Waals surface area contributed by atoms with Crippen LogP contribution in [0, 0.1) is 0 Å². The van der Waals surface area contributed by atoms with Gasteiger partial charge in [0.1, 0.15) is 29.9 Å². The van der Waals surface area contributed by atoms with Gasteiger partial charge in [-0.3, -0.25) is 0 Å². The number of ether oxygens (including phenoxy) is 3. The van der Waals surface area contributed by atoms with E-state index in [1.807, 2.05) is 20.8 Å². The number of fused-ring (bicyclic) bond motifs is 2. The van der Waals surface area contributed by atoms with E-state index < -0.39 is 18.4 Å². The Morgan fingerprint density at radius 3 is 2.71 bits per heavy atom. The Bertz CT molecular complexity index is 764. The molecular formula is C16H19F2N3O3. The second-order valence-electron chi connectivity index (χ2n) is 6.56. The summed E-state index contributed by atoms with van der Waals surface area (Å²) in [5.41, 5.74) is 0.137. The second-order valence-corrected chi connectivity index (χ2v) is 6.56. The van der Waals surface area contributed by atoms with Gasteiger partial charge in [0.05, 0.1) is 6.10 Å². The lowest BCUT2D eigenvalue weighted by atomic mass is 10.1. The maximum absolute atomic E-state index is 13.1. The molecule has 0 aliphatic carbocycles. The van der Waals surface area contributed by atoms with E-state index in [0.717, 1.165) is 12.7 Å². The Morgan fingerprint density at radius 1 is 1.25 bits per heavy atom. The topological polar surface area (TPSA) is 58.4 Å². The Hall–Kier alpha value is -1.64. The van der Waals surface area contributed by atoms with E-state index in [2.05, 4.69) is 9.97 Å². The average molecular weight is 339 g/mol. The highest BCUT2D eigenvalue weighted by Gasteiger charge is 2.55. The van der Waals surface area contributed by atoms with Gasteiger partial charge in [-0.1, -0.05) is 6.92 Å². The van der Waals surface area contributed by atoms with Crippen LogP contribution in [-0.4, -0.2) is 38.6 Å². The van der Waals surface area contributed by atoms with E-state index in [1.54, 1.807) is 16.8 Å². The van der Waals surface area contributed by atoms with Gasteiger partial charge < -0.3 is 18.8 Å². The molecule has 0 saturated carbocycles. The van der Waals surface area contributed by atoms with Crippen LogP contribution < -0.4 is 0 Å². The highest BCUT2D eigenvalue weighted by Crippen LogP contribution is 2.44. The lowest BCUT2D eigenvalue weighted by molar-refractivity contribution is -0.196. The second kappa shape index (κ2) is 5.44. The molecule has 2 saturated heterocycles. The van der Waals surface area contributed by atoms with E-state index in [-0.39, 0.29) is 24.0 Å². The monoisotopic (exact) mass is 339 g/mol. The number of rotatable bonds is 3. The molecule has 2 aromatic rings. The molecule has 0 spiro atoms. The van der Waals surface area contributed by atoms with Crippen molar-refractivity contribution in [3.8, 4) is 0 Å². The van der Waals surface area contributed by atoms with Crippen LogP contribution in [0.1, 0.15) is 45.5 Å². The molecule has 0 radical (unpaired) electrons. The lowest BCUT2D eigenvalue weighted by Crippen LogP contribution is -2.28. The average Bonchev–Trinajstić information content (AvgIpc) is 3.17. The van der Waals surface area contributed by atoms with Crippen molar-refractivity contribution in [2.24, 2.45) is 0 Å². The van der Waals surface area contributed by atoms with Crippen molar-refractivity contribution < 1.29 is 23.0 Å². The van der Waals surface area contributed by atoms with Crippen LogP contribution in [0.2, 0.25) is 0 Å². The number of halogens is 2. The minimum Gasteiger partial charge on any atom is -0.349 e. The van der Waals surface area contributed by atoms with Gasteiger partial charge in [-0.2, -0.15) is 0 Å². The maximum atomic E-state index is 13.1. The van der Waals surface area contributed by atoms with Crippen LogP contribution in [0.15, 0.2) is 18.6 Å². The first-order valence-electron chi connectivity index (χ1n) is 8.02. The smallest absolute Gasteiger partial charge is 0.281 e. The highest BCUT2D eigenvalue weighted by molar-refractivity contribution is 5.78. The summed E-state index contributed by atoms with van der Waals surface area (Å²) in [7, 11) is 0. The summed E-state index contributed by atoms with van der Waals surface area (Å²) in [4.78, 5) is 7.87. The van der Waals surface area contributed by atoms with Crippen molar-refractivity contribution >= 4 is 11.0 Å². The highest BCUT2D eigenvalue weighted by atomic mass is 19.3. The Kier molecular flexibility index (Phi) is 3.59. The number of hydrogen-bond acceptors (Lipinski definition) is 5. The van der Waals surface area contributed by atoms with Gasteiger partial charge in [0.2, 0.25) is 0 Å². The fraction of sp³-hybridized carbons (Fsp3) is 0.625. The summed E-state index contributed by atoms with van der Waals surface area (Å²) in [6.45, 7) is 5.74. The fourth-order valence-electron chi connectivity index (χ4n) is 3.58. The van der Waals surface area contributed by atoms with E-state index >= 15 is 0 Å². The minimum atomic E-state index is -2.66. The van der Waals surface area contributed by atoms with E-state index in [1.165, 1.54) is 0 Å². The van der Waals surface area contributed by atoms with E-state index in [0.29, 0.717) is 11.0 Å². The van der Waals surface area contributed by atoms with Crippen molar-refractivity contribution in [3.05, 3.63) is 24.3 Å². The van der Waals surface area contributed by atoms with Crippen molar-refractivity contribution in [1.82, 2.24) is 14.5 Å². The third-order valence-corrected chi connectivity index (χ3v) is 4.55. The molecule has 24 heavy (non-hydrogen) atoms. The zero-order valence-corrected chi connectivity index (χ0v) is 13.6. The third-order valence-electron chi connectivity index (χ3n) is 4.55. The molecule has 2 fully saturated rings. The van der Waals surface area contributed by atoms with Gasteiger partial charge in [-0.05, 0) is 26.3 Å². The van der Waals surface area contributed by atoms with Gasteiger partial charge in [0, 0.05) is 11.6 Å². The normalized spacial score (nSPS) is 31.9. The van der Waals surface area contributed by atoms with Crippen LogP contribution in [0.5, 0.6) is 0 Å². The quantitative estimate of drug-likeness (QED) is 0.859. The standard InChI is InChI=1S/C16H19F2N3O3/c1-4-9-11-12(24-16(2,3)23-11)15(22-9)21-6-5-8-10(13(17)18)19-7-20-14(8)21/h5-7,9,11-13,15H,4H2,1-3H3/t9-,11-,12-,15-/m1/s1.